The maximum absolute atomic E-state index is 14.5. The predicted molar refractivity (Wildman–Crippen MR) is 175 cm³/mol. The molecule has 0 saturated heterocycles. The number of rotatable bonds is 10. The molecule has 0 aliphatic heterocycles. The molecule has 1 unspecified atom stereocenters. The molecule has 1 aliphatic carbocycles. The van der Waals surface area contributed by atoms with Gasteiger partial charge in [0.1, 0.15) is 12.4 Å². The number of benzene rings is 3. The van der Waals surface area contributed by atoms with Crippen molar-refractivity contribution in [1.29, 1.82) is 0 Å². The van der Waals surface area contributed by atoms with Crippen LogP contribution in [0, 0.1) is 0 Å². The van der Waals surface area contributed by atoms with E-state index in [2.05, 4.69) is 37.1 Å². The van der Waals surface area contributed by atoms with Gasteiger partial charge < -0.3 is 9.64 Å². The zero-order valence-corrected chi connectivity index (χ0v) is 26.0. The molecule has 6 rings (SSSR count). The summed E-state index contributed by atoms with van der Waals surface area (Å²) in [5.41, 5.74) is 7.11. The van der Waals surface area contributed by atoms with Crippen LogP contribution in [0.4, 0.5) is 5.69 Å². The van der Waals surface area contributed by atoms with Crippen molar-refractivity contribution in [3.05, 3.63) is 142 Å². The fourth-order valence-corrected chi connectivity index (χ4v) is 6.12. The van der Waals surface area contributed by atoms with Gasteiger partial charge in [-0.2, -0.15) is 5.10 Å². The van der Waals surface area contributed by atoms with E-state index in [0.29, 0.717) is 30.6 Å². The van der Waals surface area contributed by atoms with Crippen molar-refractivity contribution in [3.63, 3.8) is 0 Å². The molecule has 7 heteroatoms. The van der Waals surface area contributed by atoms with Crippen LogP contribution in [0.15, 0.2) is 104 Å². The minimum Gasteiger partial charge on any atom is -0.489 e. The molecule has 1 aliphatic rings. The van der Waals surface area contributed by atoms with Crippen LogP contribution in [0.1, 0.15) is 72.0 Å². The summed E-state index contributed by atoms with van der Waals surface area (Å²) in [5.74, 6) is 0.955. The Hall–Kier alpha value is -4.42. The molecule has 1 amide bonds. The van der Waals surface area contributed by atoms with Crippen LogP contribution in [0.5, 0.6) is 5.75 Å². The van der Waals surface area contributed by atoms with Gasteiger partial charge in [-0.25, -0.2) is 0 Å². The maximum Gasteiger partial charge on any atom is 0.234 e. The first kappa shape index (κ1) is 29.6. The molecule has 0 radical (unpaired) electrons. The van der Waals surface area contributed by atoms with Gasteiger partial charge in [0.05, 0.1) is 37.1 Å². The number of amides is 1. The largest absolute Gasteiger partial charge is 0.489 e. The topological polar surface area (TPSA) is 60.2 Å². The van der Waals surface area contributed by atoms with Gasteiger partial charge in [0, 0.05) is 22.5 Å². The van der Waals surface area contributed by atoms with E-state index in [1.807, 2.05) is 94.9 Å². The predicted octanol–water partition coefficient (Wildman–Crippen LogP) is 8.34. The molecule has 0 fully saturated rings. The fraction of sp³-hybridized carbons (Fsp3) is 0.270. The molecular formula is C37H37ClN4O2. The molecular weight excluding hydrogens is 568 g/mol. The number of halogens is 1. The van der Waals surface area contributed by atoms with E-state index in [4.69, 9.17) is 21.3 Å². The second kappa shape index (κ2) is 13.5. The lowest BCUT2D eigenvalue weighted by Gasteiger charge is -2.31. The molecule has 224 valence electrons. The third-order valence-electron chi connectivity index (χ3n) is 8.20. The van der Waals surface area contributed by atoms with Gasteiger partial charge in [0.15, 0.2) is 0 Å². The number of anilines is 1. The Morgan fingerprint density at radius 2 is 1.80 bits per heavy atom. The maximum atomic E-state index is 14.5. The van der Waals surface area contributed by atoms with Crippen molar-refractivity contribution < 1.29 is 9.53 Å². The Morgan fingerprint density at radius 3 is 2.57 bits per heavy atom. The van der Waals surface area contributed by atoms with E-state index in [1.54, 1.807) is 0 Å². The zero-order valence-electron chi connectivity index (χ0n) is 25.2. The van der Waals surface area contributed by atoms with Gasteiger partial charge in [-0.3, -0.25) is 14.5 Å². The van der Waals surface area contributed by atoms with Gasteiger partial charge in [-0.05, 0) is 77.8 Å². The minimum absolute atomic E-state index is 0.0628. The van der Waals surface area contributed by atoms with Crippen molar-refractivity contribution in [2.45, 2.75) is 64.6 Å². The Bertz CT molecular complexity index is 1720. The fourth-order valence-electron chi connectivity index (χ4n) is 5.90. The van der Waals surface area contributed by atoms with Crippen LogP contribution in [-0.4, -0.2) is 20.7 Å². The van der Waals surface area contributed by atoms with Crippen molar-refractivity contribution in [2.24, 2.45) is 0 Å². The first-order valence-electron chi connectivity index (χ1n) is 15.3. The minimum atomic E-state index is -0.273. The Balaban J connectivity index is 1.27. The summed E-state index contributed by atoms with van der Waals surface area (Å²) < 4.78 is 8.18. The Labute approximate surface area is 264 Å². The number of aromatic nitrogens is 3. The standard InChI is InChI=1S/C37H37ClN4O2/c1-26(2)35-18-17-31(21-39-35)42(24-29-20-40-41(23-29)22-28-11-6-12-30(38)19-28)37(43)34-15-7-14-33-32(34)13-8-16-36(33)44-25-27-9-4-3-5-10-27/h3-6,8-13,16-21,23,26,34H,7,14-15,22,24-25H2,1-2H3. The molecule has 3 aromatic carbocycles. The zero-order chi connectivity index (χ0) is 30.5. The normalized spacial score (nSPS) is 14.3. The monoisotopic (exact) mass is 604 g/mol. The Kier molecular flexibility index (Phi) is 9.08. The van der Waals surface area contributed by atoms with Gasteiger partial charge in [-0.1, -0.05) is 80.0 Å². The van der Waals surface area contributed by atoms with E-state index in [0.717, 1.165) is 64.2 Å². The number of carbonyl (C=O) groups is 1. The smallest absolute Gasteiger partial charge is 0.234 e. The molecule has 44 heavy (non-hydrogen) atoms. The molecule has 0 saturated carbocycles. The summed E-state index contributed by atoms with van der Waals surface area (Å²) in [6, 6.07) is 28.1. The highest BCUT2D eigenvalue weighted by Gasteiger charge is 2.32. The summed E-state index contributed by atoms with van der Waals surface area (Å²) >= 11 is 6.20. The summed E-state index contributed by atoms with van der Waals surface area (Å²) in [6.07, 6.45) is 8.27. The molecule has 0 bridgehead atoms. The van der Waals surface area contributed by atoms with Crippen molar-refractivity contribution >= 4 is 23.2 Å². The van der Waals surface area contributed by atoms with Crippen LogP contribution in [0.25, 0.3) is 0 Å². The van der Waals surface area contributed by atoms with E-state index in [-0.39, 0.29) is 11.8 Å². The third kappa shape index (κ3) is 6.87. The van der Waals surface area contributed by atoms with Gasteiger partial charge in [0.25, 0.3) is 0 Å². The van der Waals surface area contributed by atoms with Crippen molar-refractivity contribution in [3.8, 4) is 5.75 Å². The molecule has 0 N–H and O–H groups in total. The summed E-state index contributed by atoms with van der Waals surface area (Å²) in [7, 11) is 0. The van der Waals surface area contributed by atoms with Crippen LogP contribution in [-0.2, 0) is 30.9 Å². The number of ether oxygens (including phenoxy) is 1. The molecule has 2 aromatic heterocycles. The number of hydrogen-bond acceptors (Lipinski definition) is 4. The molecule has 1 atom stereocenters. The molecule has 2 heterocycles. The lowest BCUT2D eigenvalue weighted by Crippen LogP contribution is -2.36. The lowest BCUT2D eigenvalue weighted by atomic mass is 9.81. The van der Waals surface area contributed by atoms with E-state index >= 15 is 0 Å². The SMILES string of the molecule is CC(C)c1ccc(N(Cc2cnn(Cc3cccc(Cl)c3)c2)C(=O)C2CCCc3c(OCc4ccccc4)cccc32)cn1. The van der Waals surface area contributed by atoms with Crippen LogP contribution in [0.2, 0.25) is 5.02 Å². The van der Waals surface area contributed by atoms with Crippen molar-refractivity contribution in [1.82, 2.24) is 14.8 Å². The van der Waals surface area contributed by atoms with Crippen LogP contribution in [0.3, 0.4) is 0 Å². The van der Waals surface area contributed by atoms with Crippen molar-refractivity contribution in [2.75, 3.05) is 4.90 Å². The highest BCUT2D eigenvalue weighted by Crippen LogP contribution is 2.39. The number of pyridine rings is 1. The summed E-state index contributed by atoms with van der Waals surface area (Å²) in [5, 5.41) is 5.29. The quantitative estimate of drug-likeness (QED) is 0.161. The highest BCUT2D eigenvalue weighted by molar-refractivity contribution is 6.30. The van der Waals surface area contributed by atoms with E-state index in [9.17, 15) is 4.79 Å². The molecule has 6 nitrogen and oxygen atoms in total. The molecule has 0 spiro atoms. The average molecular weight is 605 g/mol. The van der Waals surface area contributed by atoms with Gasteiger partial charge in [-0.15, -0.1) is 0 Å². The Morgan fingerprint density at radius 1 is 0.977 bits per heavy atom. The first-order valence-corrected chi connectivity index (χ1v) is 15.6. The average Bonchev–Trinajstić information content (AvgIpc) is 3.49. The number of hydrogen-bond donors (Lipinski definition) is 0. The second-order valence-electron chi connectivity index (χ2n) is 11.7. The summed E-state index contributed by atoms with van der Waals surface area (Å²) in [4.78, 5) is 21.1. The van der Waals surface area contributed by atoms with E-state index < -0.39 is 0 Å². The number of carbonyl (C=O) groups excluding carboxylic acids is 1. The number of nitrogens with zero attached hydrogens (tertiary/aromatic N) is 4. The molecule has 5 aromatic rings. The summed E-state index contributed by atoms with van der Waals surface area (Å²) in [6.45, 7) is 5.73. The lowest BCUT2D eigenvalue weighted by molar-refractivity contribution is -0.120. The third-order valence-corrected chi connectivity index (χ3v) is 8.44. The van der Waals surface area contributed by atoms with Gasteiger partial charge >= 0.3 is 0 Å². The highest BCUT2D eigenvalue weighted by atomic mass is 35.5. The van der Waals surface area contributed by atoms with Gasteiger partial charge in [0.2, 0.25) is 5.91 Å². The van der Waals surface area contributed by atoms with Crippen LogP contribution >= 0.6 is 11.6 Å². The first-order chi connectivity index (χ1) is 21.4. The number of fused-ring (bicyclic) bond motifs is 1. The van der Waals surface area contributed by atoms with E-state index in [1.165, 1.54) is 0 Å². The van der Waals surface area contributed by atoms with Crippen LogP contribution < -0.4 is 9.64 Å². The second-order valence-corrected chi connectivity index (χ2v) is 12.2.